The standard InChI is InChI=1S/C23H24F2N4/c1-16-13-22(27-21-8-7-19(24)15-20(21)25)28-23(26-16)29-11-9-18(10-12-29)14-17-5-3-2-4-6-17/h2-8,13,15,18H,9-12,14H2,1H3,(H,26,27,28). The second kappa shape index (κ2) is 8.55. The van der Waals surface area contributed by atoms with Crippen molar-refractivity contribution in [3.05, 3.63) is 77.5 Å². The summed E-state index contributed by atoms with van der Waals surface area (Å²) >= 11 is 0. The van der Waals surface area contributed by atoms with Crippen LogP contribution >= 0.6 is 0 Å². The molecule has 0 unspecified atom stereocenters. The van der Waals surface area contributed by atoms with Crippen LogP contribution in [-0.2, 0) is 6.42 Å². The summed E-state index contributed by atoms with van der Waals surface area (Å²) in [5.41, 5.74) is 2.37. The lowest BCUT2D eigenvalue weighted by Gasteiger charge is -2.32. The highest BCUT2D eigenvalue weighted by atomic mass is 19.1. The number of hydrogen-bond donors (Lipinski definition) is 1. The minimum atomic E-state index is -0.649. The van der Waals surface area contributed by atoms with E-state index in [-0.39, 0.29) is 5.69 Å². The molecule has 29 heavy (non-hydrogen) atoms. The average molecular weight is 394 g/mol. The van der Waals surface area contributed by atoms with E-state index in [1.807, 2.05) is 13.0 Å². The van der Waals surface area contributed by atoms with Gasteiger partial charge in [-0.25, -0.2) is 13.8 Å². The van der Waals surface area contributed by atoms with E-state index in [0.717, 1.165) is 44.1 Å². The SMILES string of the molecule is Cc1cc(Nc2ccc(F)cc2F)nc(N2CCC(Cc3ccccc3)CC2)n1. The van der Waals surface area contributed by atoms with Crippen molar-refractivity contribution in [1.29, 1.82) is 0 Å². The average Bonchev–Trinajstić information content (AvgIpc) is 2.71. The summed E-state index contributed by atoms with van der Waals surface area (Å²) in [6.07, 6.45) is 3.27. The van der Waals surface area contributed by atoms with Gasteiger partial charge in [-0.15, -0.1) is 0 Å². The van der Waals surface area contributed by atoms with Crippen LogP contribution in [0.1, 0.15) is 24.1 Å². The van der Waals surface area contributed by atoms with Crippen LogP contribution in [0.4, 0.5) is 26.2 Å². The van der Waals surface area contributed by atoms with Gasteiger partial charge in [0, 0.05) is 30.9 Å². The zero-order valence-corrected chi connectivity index (χ0v) is 16.4. The number of aryl methyl sites for hydroxylation is 1. The molecule has 3 aromatic rings. The Morgan fingerprint density at radius 1 is 1.00 bits per heavy atom. The maximum absolute atomic E-state index is 14.0. The van der Waals surface area contributed by atoms with Crippen LogP contribution in [0.2, 0.25) is 0 Å². The Hall–Kier alpha value is -3.02. The molecule has 4 rings (SSSR count). The number of anilines is 3. The molecular formula is C23H24F2N4. The zero-order chi connectivity index (χ0) is 20.2. The van der Waals surface area contributed by atoms with Gasteiger partial charge in [0.25, 0.3) is 0 Å². The van der Waals surface area contributed by atoms with Gasteiger partial charge in [0.2, 0.25) is 5.95 Å². The third-order valence-electron chi connectivity index (χ3n) is 5.30. The normalized spacial score (nSPS) is 14.8. The summed E-state index contributed by atoms with van der Waals surface area (Å²) in [7, 11) is 0. The lowest BCUT2D eigenvalue weighted by Crippen LogP contribution is -2.35. The van der Waals surface area contributed by atoms with Crippen molar-refractivity contribution in [1.82, 2.24) is 9.97 Å². The number of rotatable bonds is 5. The molecule has 0 bridgehead atoms. The van der Waals surface area contributed by atoms with Gasteiger partial charge in [-0.05, 0) is 49.8 Å². The lowest BCUT2D eigenvalue weighted by molar-refractivity contribution is 0.400. The quantitative estimate of drug-likeness (QED) is 0.640. The molecule has 0 atom stereocenters. The van der Waals surface area contributed by atoms with Gasteiger partial charge in [-0.1, -0.05) is 30.3 Å². The van der Waals surface area contributed by atoms with Crippen LogP contribution in [0.15, 0.2) is 54.6 Å². The Morgan fingerprint density at radius 3 is 2.48 bits per heavy atom. The fraction of sp³-hybridized carbons (Fsp3) is 0.304. The predicted molar refractivity (Wildman–Crippen MR) is 111 cm³/mol. The molecular weight excluding hydrogens is 370 g/mol. The van der Waals surface area contributed by atoms with Crippen molar-refractivity contribution < 1.29 is 8.78 Å². The number of nitrogens with one attached hydrogen (secondary N) is 1. The van der Waals surface area contributed by atoms with Crippen molar-refractivity contribution in [3.8, 4) is 0 Å². The summed E-state index contributed by atoms with van der Waals surface area (Å²) in [5, 5.41) is 2.94. The third-order valence-corrected chi connectivity index (χ3v) is 5.30. The van der Waals surface area contributed by atoms with Gasteiger partial charge in [0.15, 0.2) is 0 Å². The molecule has 0 aliphatic carbocycles. The minimum absolute atomic E-state index is 0.192. The summed E-state index contributed by atoms with van der Waals surface area (Å²) in [6, 6.07) is 15.8. The van der Waals surface area contributed by atoms with Crippen LogP contribution in [0.25, 0.3) is 0 Å². The topological polar surface area (TPSA) is 41.1 Å². The Kier molecular flexibility index (Phi) is 5.69. The molecule has 0 amide bonds. The summed E-state index contributed by atoms with van der Waals surface area (Å²) < 4.78 is 27.1. The number of aromatic nitrogens is 2. The van der Waals surface area contributed by atoms with E-state index in [1.54, 1.807) is 6.07 Å². The van der Waals surface area contributed by atoms with Gasteiger partial charge in [0.05, 0.1) is 5.69 Å². The molecule has 6 heteroatoms. The van der Waals surface area contributed by atoms with E-state index in [2.05, 4.69) is 44.5 Å². The van der Waals surface area contributed by atoms with Gasteiger partial charge >= 0.3 is 0 Å². The van der Waals surface area contributed by atoms with Crippen molar-refractivity contribution in [2.75, 3.05) is 23.3 Å². The molecule has 1 N–H and O–H groups in total. The Labute approximate surface area is 169 Å². The van der Waals surface area contributed by atoms with E-state index in [9.17, 15) is 8.78 Å². The van der Waals surface area contributed by atoms with Gasteiger partial charge in [0.1, 0.15) is 17.5 Å². The highest BCUT2D eigenvalue weighted by Crippen LogP contribution is 2.26. The molecule has 1 aliphatic rings. The smallest absolute Gasteiger partial charge is 0.227 e. The van der Waals surface area contributed by atoms with Crippen molar-refractivity contribution in [3.63, 3.8) is 0 Å². The van der Waals surface area contributed by atoms with E-state index in [0.29, 0.717) is 17.7 Å². The molecule has 1 aliphatic heterocycles. The number of halogens is 2. The van der Waals surface area contributed by atoms with Gasteiger partial charge in [-0.3, -0.25) is 0 Å². The first-order chi connectivity index (χ1) is 14.1. The van der Waals surface area contributed by atoms with Gasteiger partial charge in [-0.2, -0.15) is 4.98 Å². The van der Waals surface area contributed by atoms with E-state index >= 15 is 0 Å². The summed E-state index contributed by atoms with van der Waals surface area (Å²) in [4.78, 5) is 11.3. The first-order valence-electron chi connectivity index (χ1n) is 9.93. The summed E-state index contributed by atoms with van der Waals surface area (Å²) in [5.74, 6) is 0.553. The van der Waals surface area contributed by atoms with Crippen molar-refractivity contribution in [2.24, 2.45) is 5.92 Å². The Morgan fingerprint density at radius 2 is 1.76 bits per heavy atom. The van der Waals surface area contributed by atoms with Crippen LogP contribution in [-0.4, -0.2) is 23.1 Å². The fourth-order valence-electron chi connectivity index (χ4n) is 3.77. The van der Waals surface area contributed by atoms with Crippen molar-refractivity contribution >= 4 is 17.5 Å². The maximum atomic E-state index is 14.0. The largest absolute Gasteiger partial charge is 0.341 e. The van der Waals surface area contributed by atoms with E-state index in [4.69, 9.17) is 0 Å². The molecule has 1 saturated heterocycles. The molecule has 2 heterocycles. The van der Waals surface area contributed by atoms with Crippen LogP contribution in [0.5, 0.6) is 0 Å². The first kappa shape index (κ1) is 19.3. The highest BCUT2D eigenvalue weighted by Gasteiger charge is 2.22. The second-order valence-corrected chi connectivity index (χ2v) is 7.56. The number of hydrogen-bond acceptors (Lipinski definition) is 4. The fourth-order valence-corrected chi connectivity index (χ4v) is 3.77. The third kappa shape index (κ3) is 4.88. The zero-order valence-electron chi connectivity index (χ0n) is 16.4. The molecule has 1 fully saturated rings. The van der Waals surface area contributed by atoms with Gasteiger partial charge < -0.3 is 10.2 Å². The maximum Gasteiger partial charge on any atom is 0.227 e. The molecule has 0 radical (unpaired) electrons. The van der Waals surface area contributed by atoms with Crippen LogP contribution in [0.3, 0.4) is 0 Å². The summed E-state index contributed by atoms with van der Waals surface area (Å²) in [6.45, 7) is 3.68. The molecule has 4 nitrogen and oxygen atoms in total. The number of benzene rings is 2. The highest BCUT2D eigenvalue weighted by molar-refractivity contribution is 5.58. The van der Waals surface area contributed by atoms with Crippen molar-refractivity contribution in [2.45, 2.75) is 26.2 Å². The first-order valence-corrected chi connectivity index (χ1v) is 9.93. The van der Waals surface area contributed by atoms with E-state index in [1.165, 1.54) is 17.7 Å². The predicted octanol–water partition coefficient (Wildman–Crippen LogP) is 5.27. The molecule has 2 aromatic carbocycles. The van der Waals surface area contributed by atoms with E-state index < -0.39 is 11.6 Å². The Bertz CT molecular complexity index is 970. The van der Waals surface area contributed by atoms with Crippen LogP contribution in [0, 0.1) is 24.5 Å². The molecule has 0 spiro atoms. The van der Waals surface area contributed by atoms with Crippen LogP contribution < -0.4 is 10.2 Å². The lowest BCUT2D eigenvalue weighted by atomic mass is 9.90. The number of piperidine rings is 1. The molecule has 0 saturated carbocycles. The Balaban J connectivity index is 1.43. The minimum Gasteiger partial charge on any atom is -0.341 e. The molecule has 150 valence electrons. The molecule has 1 aromatic heterocycles. The second-order valence-electron chi connectivity index (χ2n) is 7.56. The number of nitrogens with zero attached hydrogens (tertiary/aromatic N) is 3. The monoisotopic (exact) mass is 394 g/mol.